The first-order valence-corrected chi connectivity index (χ1v) is 8.41. The van der Waals surface area contributed by atoms with Gasteiger partial charge < -0.3 is 10.6 Å². The molecule has 0 aliphatic carbocycles. The summed E-state index contributed by atoms with van der Waals surface area (Å²) in [6, 6.07) is 3.00. The fraction of sp³-hybridized carbons (Fsp3) is 0.538. The minimum absolute atomic E-state index is 0.0610. The van der Waals surface area contributed by atoms with Crippen LogP contribution in [0.15, 0.2) is 29.4 Å². The minimum Gasteiger partial charge on any atom is -0.355 e. The molecule has 8 heteroatoms. The molecule has 1 heterocycles. The Balaban J connectivity index is 2.22. The highest BCUT2D eigenvalue weighted by atomic mass is 32.2. The summed E-state index contributed by atoms with van der Waals surface area (Å²) in [6.45, 7) is 4.29. The number of rotatable bonds is 10. The van der Waals surface area contributed by atoms with Crippen LogP contribution in [-0.4, -0.2) is 45.5 Å². The van der Waals surface area contributed by atoms with Crippen LogP contribution in [0.3, 0.4) is 0 Å². The Kier molecular flexibility index (Phi) is 7.88. The van der Waals surface area contributed by atoms with Crippen LogP contribution >= 0.6 is 0 Å². The normalized spacial score (nSPS) is 11.3. The Morgan fingerprint density at radius 3 is 2.71 bits per heavy atom. The molecule has 0 unspecified atom stereocenters. The average molecular weight is 314 g/mol. The predicted octanol–water partition coefficient (Wildman–Crippen LogP) is -0.134. The van der Waals surface area contributed by atoms with Crippen molar-refractivity contribution >= 4 is 15.9 Å². The number of aromatic nitrogens is 1. The lowest BCUT2D eigenvalue weighted by Crippen LogP contribution is -2.34. The van der Waals surface area contributed by atoms with Gasteiger partial charge in [-0.3, -0.25) is 9.78 Å². The molecule has 0 atom stereocenters. The maximum atomic E-state index is 11.9. The first-order chi connectivity index (χ1) is 10.1. The summed E-state index contributed by atoms with van der Waals surface area (Å²) in [5, 5.41) is 5.88. The fourth-order valence-corrected chi connectivity index (χ4v) is 2.56. The van der Waals surface area contributed by atoms with E-state index in [1.54, 1.807) is 6.07 Å². The third kappa shape index (κ3) is 7.16. The molecule has 0 fully saturated rings. The van der Waals surface area contributed by atoms with E-state index >= 15 is 0 Å². The van der Waals surface area contributed by atoms with Gasteiger partial charge in [0.1, 0.15) is 4.90 Å². The number of carbonyl (C=O) groups excluding carboxylic acids is 1. The SMILES string of the molecule is CCCNCCNC(=O)CCNS(=O)(=O)c1cccnc1. The Morgan fingerprint density at radius 1 is 1.24 bits per heavy atom. The van der Waals surface area contributed by atoms with Gasteiger partial charge in [-0.25, -0.2) is 13.1 Å². The number of amides is 1. The van der Waals surface area contributed by atoms with Crippen molar-refractivity contribution in [2.75, 3.05) is 26.2 Å². The van der Waals surface area contributed by atoms with Crippen molar-refractivity contribution < 1.29 is 13.2 Å². The van der Waals surface area contributed by atoms with Crippen LogP contribution < -0.4 is 15.4 Å². The predicted molar refractivity (Wildman–Crippen MR) is 80.2 cm³/mol. The summed E-state index contributed by atoms with van der Waals surface area (Å²) < 4.78 is 26.1. The lowest BCUT2D eigenvalue weighted by atomic mass is 10.4. The van der Waals surface area contributed by atoms with Crippen LogP contribution in [0.5, 0.6) is 0 Å². The van der Waals surface area contributed by atoms with Crippen LogP contribution in [0.1, 0.15) is 19.8 Å². The van der Waals surface area contributed by atoms with Gasteiger partial charge in [0, 0.05) is 38.4 Å². The summed E-state index contributed by atoms with van der Waals surface area (Å²) in [4.78, 5) is 15.4. The van der Waals surface area contributed by atoms with Crippen molar-refractivity contribution in [2.24, 2.45) is 0 Å². The standard InChI is InChI=1S/C13H22N4O3S/c1-2-6-14-9-10-16-13(18)5-8-17-21(19,20)12-4-3-7-15-11-12/h3-4,7,11,14,17H,2,5-6,8-10H2,1H3,(H,16,18). The van der Waals surface area contributed by atoms with E-state index in [1.165, 1.54) is 18.5 Å². The lowest BCUT2D eigenvalue weighted by molar-refractivity contribution is -0.120. The zero-order valence-corrected chi connectivity index (χ0v) is 12.9. The summed E-state index contributed by atoms with van der Waals surface area (Å²) in [6.07, 6.45) is 3.91. The van der Waals surface area contributed by atoms with Gasteiger partial charge in [0.15, 0.2) is 0 Å². The smallest absolute Gasteiger partial charge is 0.242 e. The van der Waals surface area contributed by atoms with Crippen molar-refractivity contribution in [1.82, 2.24) is 20.3 Å². The van der Waals surface area contributed by atoms with E-state index in [0.717, 1.165) is 13.0 Å². The molecular formula is C13H22N4O3S. The quantitative estimate of drug-likeness (QED) is 0.522. The monoisotopic (exact) mass is 314 g/mol. The van der Waals surface area contributed by atoms with Crippen LogP contribution in [0.25, 0.3) is 0 Å². The molecule has 1 aromatic heterocycles. The molecule has 1 rings (SSSR count). The number of pyridine rings is 1. The zero-order valence-electron chi connectivity index (χ0n) is 12.1. The van der Waals surface area contributed by atoms with Crippen LogP contribution in [0, 0.1) is 0 Å². The number of hydrogen-bond acceptors (Lipinski definition) is 5. The maximum absolute atomic E-state index is 11.9. The van der Waals surface area contributed by atoms with E-state index in [0.29, 0.717) is 13.1 Å². The van der Waals surface area contributed by atoms with E-state index < -0.39 is 10.0 Å². The van der Waals surface area contributed by atoms with Gasteiger partial charge in [0.05, 0.1) is 0 Å². The summed E-state index contributed by atoms with van der Waals surface area (Å²) in [5.41, 5.74) is 0. The first-order valence-electron chi connectivity index (χ1n) is 6.93. The van der Waals surface area contributed by atoms with Crippen molar-refractivity contribution in [3.63, 3.8) is 0 Å². The van der Waals surface area contributed by atoms with E-state index in [9.17, 15) is 13.2 Å². The molecule has 0 aliphatic heterocycles. The molecule has 0 aromatic carbocycles. The number of hydrogen-bond donors (Lipinski definition) is 3. The highest BCUT2D eigenvalue weighted by molar-refractivity contribution is 7.89. The second-order valence-electron chi connectivity index (χ2n) is 4.44. The molecule has 118 valence electrons. The molecule has 1 aromatic rings. The molecule has 3 N–H and O–H groups in total. The van der Waals surface area contributed by atoms with Crippen LogP contribution in [-0.2, 0) is 14.8 Å². The van der Waals surface area contributed by atoms with Crippen LogP contribution in [0.2, 0.25) is 0 Å². The molecule has 7 nitrogen and oxygen atoms in total. The number of nitrogens with one attached hydrogen (secondary N) is 3. The average Bonchev–Trinajstić information content (AvgIpc) is 2.48. The molecule has 0 saturated heterocycles. The van der Waals surface area contributed by atoms with Gasteiger partial charge in [-0.2, -0.15) is 0 Å². The van der Waals surface area contributed by atoms with Crippen LogP contribution in [0.4, 0.5) is 0 Å². The largest absolute Gasteiger partial charge is 0.355 e. The Labute approximate surface area is 125 Å². The molecule has 1 amide bonds. The van der Waals surface area contributed by atoms with E-state index in [1.807, 2.05) is 0 Å². The highest BCUT2D eigenvalue weighted by Gasteiger charge is 2.13. The van der Waals surface area contributed by atoms with E-state index in [2.05, 4.69) is 27.3 Å². The Morgan fingerprint density at radius 2 is 2.05 bits per heavy atom. The van der Waals surface area contributed by atoms with Gasteiger partial charge in [-0.15, -0.1) is 0 Å². The Hall–Kier alpha value is -1.51. The fourth-order valence-electron chi connectivity index (χ4n) is 1.57. The highest BCUT2D eigenvalue weighted by Crippen LogP contribution is 2.04. The van der Waals surface area contributed by atoms with E-state index in [4.69, 9.17) is 0 Å². The maximum Gasteiger partial charge on any atom is 0.242 e. The zero-order chi connectivity index (χ0) is 15.6. The third-order valence-electron chi connectivity index (χ3n) is 2.64. The first kappa shape index (κ1) is 17.5. The molecule has 0 aliphatic rings. The molecule has 0 spiro atoms. The third-order valence-corrected chi connectivity index (χ3v) is 4.09. The van der Waals surface area contributed by atoms with Crippen molar-refractivity contribution in [1.29, 1.82) is 0 Å². The number of sulfonamides is 1. The lowest BCUT2D eigenvalue weighted by Gasteiger charge is -2.07. The second-order valence-corrected chi connectivity index (χ2v) is 6.20. The summed E-state index contributed by atoms with van der Waals surface area (Å²) in [7, 11) is -3.59. The molecule has 0 bridgehead atoms. The molecule has 21 heavy (non-hydrogen) atoms. The van der Waals surface area contributed by atoms with Crippen molar-refractivity contribution in [3.05, 3.63) is 24.5 Å². The molecule has 0 saturated carbocycles. The number of nitrogens with zero attached hydrogens (tertiary/aromatic N) is 1. The second kappa shape index (κ2) is 9.43. The topological polar surface area (TPSA) is 100 Å². The van der Waals surface area contributed by atoms with Gasteiger partial charge in [0.2, 0.25) is 15.9 Å². The van der Waals surface area contributed by atoms with Gasteiger partial charge in [0.25, 0.3) is 0 Å². The van der Waals surface area contributed by atoms with Crippen molar-refractivity contribution in [2.45, 2.75) is 24.7 Å². The van der Waals surface area contributed by atoms with Crippen molar-refractivity contribution in [3.8, 4) is 0 Å². The summed E-state index contributed by atoms with van der Waals surface area (Å²) >= 11 is 0. The van der Waals surface area contributed by atoms with Gasteiger partial charge in [-0.1, -0.05) is 6.92 Å². The summed E-state index contributed by atoms with van der Waals surface area (Å²) in [5.74, 6) is -0.179. The Bertz CT molecular complexity index is 519. The number of carbonyl (C=O) groups is 1. The molecular weight excluding hydrogens is 292 g/mol. The van der Waals surface area contributed by atoms with Gasteiger partial charge in [-0.05, 0) is 25.1 Å². The van der Waals surface area contributed by atoms with Gasteiger partial charge >= 0.3 is 0 Å². The van der Waals surface area contributed by atoms with E-state index in [-0.39, 0.29) is 23.8 Å². The minimum atomic E-state index is -3.59. The molecule has 0 radical (unpaired) electrons.